The molecule has 10 heteroatoms. The number of sulfonamides is 1. The molecular weight excluding hydrogens is 412 g/mol. The first-order valence-electron chi connectivity index (χ1n) is 7.51. The number of rotatable bonds is 5. The molecule has 3 aromatic rings. The zero-order valence-corrected chi connectivity index (χ0v) is 16.0. The van der Waals surface area contributed by atoms with Gasteiger partial charge in [0.2, 0.25) is 9.84 Å². The average Bonchev–Trinajstić information content (AvgIpc) is 2.64. The van der Waals surface area contributed by atoms with Crippen molar-refractivity contribution in [3.8, 4) is 0 Å². The maximum absolute atomic E-state index is 12.9. The second kappa shape index (κ2) is 7.18. The van der Waals surface area contributed by atoms with E-state index in [-0.39, 0.29) is 25.4 Å². The Morgan fingerprint density at radius 3 is 2.11 bits per heavy atom. The van der Waals surface area contributed by atoms with Gasteiger partial charge in [-0.1, -0.05) is 29.8 Å². The summed E-state index contributed by atoms with van der Waals surface area (Å²) in [4.78, 5) is -0.509. The van der Waals surface area contributed by atoms with Crippen LogP contribution in [0, 0.1) is 5.21 Å². The summed E-state index contributed by atoms with van der Waals surface area (Å²) in [7, 11) is -8.14. The molecule has 0 radical (unpaired) electrons. The zero-order valence-electron chi connectivity index (χ0n) is 13.6. The summed E-state index contributed by atoms with van der Waals surface area (Å²) in [5.74, 6) is 0. The molecule has 0 fully saturated rings. The fraction of sp³-hybridized carbons (Fsp3) is 0. The predicted molar refractivity (Wildman–Crippen MR) is 99.6 cm³/mol. The normalized spacial score (nSPS) is 11.9. The summed E-state index contributed by atoms with van der Waals surface area (Å²) >= 11 is 5.93. The Bertz CT molecular complexity index is 1180. The van der Waals surface area contributed by atoms with Gasteiger partial charge >= 0.3 is 0 Å². The van der Waals surface area contributed by atoms with Crippen LogP contribution in [-0.4, -0.2) is 16.8 Å². The largest absolute Gasteiger partial charge is 0.619 e. The molecule has 0 unspecified atom stereocenters. The quantitative estimate of drug-likeness (QED) is 0.500. The molecule has 140 valence electrons. The number of hydrogen-bond acceptors (Lipinski definition) is 5. The Morgan fingerprint density at radius 1 is 0.852 bits per heavy atom. The summed E-state index contributed by atoms with van der Waals surface area (Å²) in [6.07, 6.45) is 2.07. The number of hydrogen-bond donors (Lipinski definition) is 1. The molecule has 0 aliphatic carbocycles. The van der Waals surface area contributed by atoms with Crippen molar-refractivity contribution in [1.29, 1.82) is 0 Å². The summed E-state index contributed by atoms with van der Waals surface area (Å²) < 4.78 is 53.7. The Kier molecular flexibility index (Phi) is 5.09. The first-order valence-corrected chi connectivity index (χ1v) is 10.9. The molecule has 0 aliphatic rings. The lowest BCUT2D eigenvalue weighted by Crippen LogP contribution is -2.24. The third kappa shape index (κ3) is 4.05. The number of nitrogens with one attached hydrogen (secondary N) is 1. The molecule has 0 spiro atoms. The van der Waals surface area contributed by atoms with E-state index in [1.165, 1.54) is 24.3 Å². The van der Waals surface area contributed by atoms with E-state index in [0.29, 0.717) is 4.73 Å². The molecule has 27 heavy (non-hydrogen) atoms. The van der Waals surface area contributed by atoms with Crippen LogP contribution in [0.15, 0.2) is 87.7 Å². The molecule has 7 nitrogen and oxygen atoms in total. The van der Waals surface area contributed by atoms with Gasteiger partial charge < -0.3 is 5.21 Å². The Balaban J connectivity index is 2.10. The highest BCUT2D eigenvalue weighted by atomic mass is 35.5. The van der Waals surface area contributed by atoms with Crippen LogP contribution in [0.5, 0.6) is 0 Å². The zero-order chi connectivity index (χ0) is 19.7. The van der Waals surface area contributed by atoms with Gasteiger partial charge in [0.15, 0.2) is 12.4 Å². The smallest absolute Gasteiger partial charge is 0.261 e. The summed E-state index contributed by atoms with van der Waals surface area (Å²) in [6.45, 7) is 0. The SMILES string of the molecule is O=S(=O)(Nc1ccc(Cl)cc1S(=O)(=O)c1cc[n+]([O-])cc1)c1ccccc1. The van der Waals surface area contributed by atoms with Crippen molar-refractivity contribution in [2.75, 3.05) is 4.72 Å². The third-order valence-corrected chi connectivity index (χ3v) is 7.04. The molecule has 0 aliphatic heterocycles. The van der Waals surface area contributed by atoms with E-state index < -0.39 is 19.9 Å². The number of anilines is 1. The van der Waals surface area contributed by atoms with Gasteiger partial charge in [-0.3, -0.25) is 4.72 Å². The second-order valence-electron chi connectivity index (χ2n) is 5.46. The molecule has 1 heterocycles. The van der Waals surface area contributed by atoms with Crippen LogP contribution in [-0.2, 0) is 19.9 Å². The monoisotopic (exact) mass is 424 g/mol. The lowest BCUT2D eigenvalue weighted by molar-refractivity contribution is -0.605. The lowest BCUT2D eigenvalue weighted by atomic mass is 10.3. The topological polar surface area (TPSA) is 107 Å². The van der Waals surface area contributed by atoms with E-state index in [1.54, 1.807) is 18.2 Å². The van der Waals surface area contributed by atoms with Crippen molar-refractivity contribution in [3.05, 3.63) is 83.3 Å². The van der Waals surface area contributed by atoms with E-state index in [9.17, 15) is 22.0 Å². The van der Waals surface area contributed by atoms with Crippen molar-refractivity contribution in [3.63, 3.8) is 0 Å². The highest BCUT2D eigenvalue weighted by molar-refractivity contribution is 7.93. The van der Waals surface area contributed by atoms with Crippen LogP contribution in [0.2, 0.25) is 5.02 Å². The fourth-order valence-corrected chi connectivity index (χ4v) is 5.14. The van der Waals surface area contributed by atoms with E-state index in [1.807, 2.05) is 0 Å². The minimum absolute atomic E-state index is 0.0181. The van der Waals surface area contributed by atoms with Gasteiger partial charge in [0.1, 0.15) is 0 Å². The molecule has 1 N–H and O–H groups in total. The molecular formula is C17H13ClN2O5S2. The van der Waals surface area contributed by atoms with E-state index in [0.717, 1.165) is 30.6 Å². The molecule has 0 saturated heterocycles. The highest BCUT2D eigenvalue weighted by Crippen LogP contribution is 2.31. The van der Waals surface area contributed by atoms with Crippen molar-refractivity contribution in [2.24, 2.45) is 0 Å². The van der Waals surface area contributed by atoms with Crippen LogP contribution in [0.3, 0.4) is 0 Å². The fourth-order valence-electron chi connectivity index (χ4n) is 2.31. The van der Waals surface area contributed by atoms with Crippen molar-refractivity contribution < 1.29 is 21.6 Å². The minimum atomic E-state index is -4.13. The molecule has 0 saturated carbocycles. The maximum atomic E-state index is 12.9. The Labute approximate surface area is 161 Å². The standard InChI is InChI=1S/C17H13ClN2O5S2/c18-13-6-7-16(19-27(24,25)15-4-2-1-3-5-15)17(12-13)26(22,23)14-8-10-20(21)11-9-14/h1-12,19H. The van der Waals surface area contributed by atoms with Gasteiger partial charge in [0, 0.05) is 17.2 Å². The van der Waals surface area contributed by atoms with Gasteiger partial charge in [-0.25, -0.2) is 16.8 Å². The van der Waals surface area contributed by atoms with Crippen LogP contribution < -0.4 is 9.45 Å². The van der Waals surface area contributed by atoms with E-state index >= 15 is 0 Å². The number of aromatic nitrogens is 1. The number of sulfone groups is 1. The Hall–Kier alpha value is -2.62. The number of benzene rings is 2. The first kappa shape index (κ1) is 19.2. The van der Waals surface area contributed by atoms with Crippen molar-refractivity contribution in [1.82, 2.24) is 0 Å². The number of nitrogens with zero attached hydrogens (tertiary/aromatic N) is 1. The van der Waals surface area contributed by atoms with Gasteiger partial charge in [0.05, 0.1) is 20.4 Å². The van der Waals surface area contributed by atoms with Gasteiger partial charge in [0.25, 0.3) is 10.0 Å². The summed E-state index contributed by atoms with van der Waals surface area (Å²) in [5.41, 5.74) is -0.151. The van der Waals surface area contributed by atoms with Crippen LogP contribution in [0.4, 0.5) is 5.69 Å². The number of pyridine rings is 1. The summed E-state index contributed by atoms with van der Waals surface area (Å²) in [6, 6.07) is 13.6. The molecule has 0 atom stereocenters. The lowest BCUT2D eigenvalue weighted by Gasteiger charge is -2.13. The van der Waals surface area contributed by atoms with Gasteiger partial charge in [-0.15, -0.1) is 0 Å². The maximum Gasteiger partial charge on any atom is 0.261 e. The van der Waals surface area contributed by atoms with Gasteiger partial charge in [-0.05, 0) is 30.3 Å². The molecule has 0 bridgehead atoms. The van der Waals surface area contributed by atoms with Crippen molar-refractivity contribution in [2.45, 2.75) is 14.7 Å². The molecule has 0 amide bonds. The van der Waals surface area contributed by atoms with Crippen LogP contribution >= 0.6 is 11.6 Å². The van der Waals surface area contributed by atoms with Crippen molar-refractivity contribution >= 4 is 37.1 Å². The second-order valence-corrected chi connectivity index (χ2v) is 9.49. The predicted octanol–water partition coefficient (Wildman–Crippen LogP) is 2.61. The minimum Gasteiger partial charge on any atom is -0.619 e. The first-order chi connectivity index (χ1) is 12.7. The third-order valence-electron chi connectivity index (χ3n) is 3.61. The number of halogens is 1. The Morgan fingerprint density at radius 2 is 1.48 bits per heavy atom. The molecule has 2 aromatic carbocycles. The van der Waals surface area contributed by atoms with Gasteiger partial charge in [-0.2, -0.15) is 4.73 Å². The average molecular weight is 425 g/mol. The highest BCUT2D eigenvalue weighted by Gasteiger charge is 2.25. The molecule has 1 aromatic heterocycles. The van der Waals surface area contributed by atoms with E-state index in [4.69, 9.17) is 11.6 Å². The van der Waals surface area contributed by atoms with Crippen LogP contribution in [0.25, 0.3) is 0 Å². The summed E-state index contributed by atoms with van der Waals surface area (Å²) in [5, 5.41) is 11.3. The van der Waals surface area contributed by atoms with Crippen LogP contribution in [0.1, 0.15) is 0 Å². The molecule has 3 rings (SSSR count). The van der Waals surface area contributed by atoms with E-state index in [2.05, 4.69) is 4.72 Å².